The van der Waals surface area contributed by atoms with Crippen molar-refractivity contribution < 1.29 is 14.2 Å². The summed E-state index contributed by atoms with van der Waals surface area (Å²) in [6, 6.07) is 11.7. The number of nitrogens with two attached hydrogens (primary N) is 1. The Labute approximate surface area is 137 Å². The van der Waals surface area contributed by atoms with Gasteiger partial charge in [-0.3, -0.25) is 0 Å². The lowest BCUT2D eigenvalue weighted by Crippen LogP contribution is -1.98. The molecule has 0 spiro atoms. The van der Waals surface area contributed by atoms with Gasteiger partial charge in [0.25, 0.3) is 0 Å². The van der Waals surface area contributed by atoms with E-state index >= 15 is 0 Å². The minimum atomic E-state index is 0.584. The Bertz CT molecular complexity index is 708. The minimum absolute atomic E-state index is 0.584. The molecule has 122 valence electrons. The third kappa shape index (κ3) is 3.59. The second kappa shape index (κ2) is 7.58. The van der Waals surface area contributed by atoms with Crippen molar-refractivity contribution in [3.05, 3.63) is 53.6 Å². The lowest BCUT2D eigenvalue weighted by Gasteiger charge is -2.14. The van der Waals surface area contributed by atoms with Crippen LogP contribution >= 0.6 is 0 Å². The van der Waals surface area contributed by atoms with Gasteiger partial charge in [0.15, 0.2) is 11.5 Å². The fourth-order valence-electron chi connectivity index (χ4n) is 2.51. The number of nitrogen functional groups attached to an aromatic ring is 1. The van der Waals surface area contributed by atoms with Crippen LogP contribution in [0.3, 0.4) is 0 Å². The average molecular weight is 313 g/mol. The molecule has 4 nitrogen and oxygen atoms in total. The average Bonchev–Trinajstić information content (AvgIpc) is 2.56. The summed E-state index contributed by atoms with van der Waals surface area (Å²) >= 11 is 0. The molecule has 2 rings (SSSR count). The Morgan fingerprint density at radius 2 is 1.57 bits per heavy atom. The van der Waals surface area contributed by atoms with Crippen LogP contribution in [0.15, 0.2) is 42.5 Å². The van der Waals surface area contributed by atoms with Crippen molar-refractivity contribution in [1.29, 1.82) is 0 Å². The number of methoxy groups -OCH3 is 2. The summed E-state index contributed by atoms with van der Waals surface area (Å²) < 4.78 is 16.2. The van der Waals surface area contributed by atoms with Crippen molar-refractivity contribution in [1.82, 2.24) is 0 Å². The zero-order valence-electron chi connectivity index (χ0n) is 14.1. The molecule has 23 heavy (non-hydrogen) atoms. The second-order valence-electron chi connectivity index (χ2n) is 4.96. The van der Waals surface area contributed by atoms with Gasteiger partial charge in [0.2, 0.25) is 0 Å². The maximum atomic E-state index is 6.03. The first-order valence-electron chi connectivity index (χ1n) is 7.56. The van der Waals surface area contributed by atoms with Gasteiger partial charge in [-0.15, -0.1) is 0 Å². The normalized spacial score (nSPS) is 11.2. The largest absolute Gasteiger partial charge is 0.495 e. The highest BCUT2D eigenvalue weighted by atomic mass is 16.5. The second-order valence-corrected chi connectivity index (χ2v) is 4.96. The van der Waals surface area contributed by atoms with Gasteiger partial charge in [-0.1, -0.05) is 18.2 Å². The Hall–Kier alpha value is -2.62. The van der Waals surface area contributed by atoms with E-state index in [0.29, 0.717) is 18.0 Å². The fourth-order valence-corrected chi connectivity index (χ4v) is 2.51. The molecular weight excluding hydrogens is 290 g/mol. The predicted molar refractivity (Wildman–Crippen MR) is 94.3 cm³/mol. The van der Waals surface area contributed by atoms with Crippen LogP contribution in [-0.4, -0.2) is 20.8 Å². The number of hydrogen-bond acceptors (Lipinski definition) is 4. The number of benzene rings is 2. The van der Waals surface area contributed by atoms with E-state index in [1.807, 2.05) is 50.2 Å². The molecule has 0 amide bonds. The van der Waals surface area contributed by atoms with E-state index in [1.54, 1.807) is 14.2 Å². The molecule has 0 radical (unpaired) electrons. The quantitative estimate of drug-likeness (QED) is 0.815. The van der Waals surface area contributed by atoms with E-state index in [9.17, 15) is 0 Å². The monoisotopic (exact) mass is 313 g/mol. The van der Waals surface area contributed by atoms with E-state index in [2.05, 4.69) is 6.08 Å². The molecule has 0 fully saturated rings. The van der Waals surface area contributed by atoms with Crippen LogP contribution in [0.4, 0.5) is 5.69 Å². The van der Waals surface area contributed by atoms with Crippen LogP contribution in [0.1, 0.15) is 25.0 Å². The van der Waals surface area contributed by atoms with E-state index in [0.717, 1.165) is 28.2 Å². The van der Waals surface area contributed by atoms with Gasteiger partial charge in [0, 0.05) is 0 Å². The van der Waals surface area contributed by atoms with Crippen LogP contribution in [0, 0.1) is 0 Å². The summed E-state index contributed by atoms with van der Waals surface area (Å²) in [6.45, 7) is 4.54. The van der Waals surface area contributed by atoms with Crippen molar-refractivity contribution in [2.75, 3.05) is 26.6 Å². The first kappa shape index (κ1) is 16.7. The van der Waals surface area contributed by atoms with Gasteiger partial charge in [0.1, 0.15) is 5.75 Å². The summed E-state index contributed by atoms with van der Waals surface area (Å²) in [5.74, 6) is 2.13. The van der Waals surface area contributed by atoms with Crippen molar-refractivity contribution in [3.8, 4) is 17.2 Å². The third-order valence-electron chi connectivity index (χ3n) is 3.60. The van der Waals surface area contributed by atoms with Gasteiger partial charge in [-0.25, -0.2) is 0 Å². The smallest absolute Gasteiger partial charge is 0.161 e. The summed E-state index contributed by atoms with van der Waals surface area (Å²) in [7, 11) is 3.25. The molecule has 0 saturated carbocycles. The first-order chi connectivity index (χ1) is 11.1. The van der Waals surface area contributed by atoms with Gasteiger partial charge < -0.3 is 19.9 Å². The van der Waals surface area contributed by atoms with Crippen molar-refractivity contribution in [2.24, 2.45) is 0 Å². The number of allylic oxidation sites excluding steroid dienone is 1. The Morgan fingerprint density at radius 1 is 0.957 bits per heavy atom. The molecule has 0 aliphatic heterocycles. The van der Waals surface area contributed by atoms with E-state index in [-0.39, 0.29) is 0 Å². The topological polar surface area (TPSA) is 53.7 Å². The molecular formula is C19H23NO3. The molecule has 0 aromatic heterocycles. The summed E-state index contributed by atoms with van der Waals surface area (Å²) in [4.78, 5) is 0. The number of rotatable bonds is 6. The fraction of sp³-hybridized carbons (Fsp3) is 0.263. The summed E-state index contributed by atoms with van der Waals surface area (Å²) in [5, 5.41) is 0. The molecule has 0 aliphatic carbocycles. The first-order valence-corrected chi connectivity index (χ1v) is 7.56. The zero-order chi connectivity index (χ0) is 16.8. The summed E-state index contributed by atoms with van der Waals surface area (Å²) in [6.07, 6.45) is 2.05. The molecule has 0 saturated heterocycles. The molecule has 0 bridgehead atoms. The summed E-state index contributed by atoms with van der Waals surface area (Å²) in [5.41, 5.74) is 9.78. The Balaban J connectivity index is 2.45. The minimum Gasteiger partial charge on any atom is -0.495 e. The van der Waals surface area contributed by atoms with Crippen LogP contribution in [0.25, 0.3) is 5.57 Å². The maximum absolute atomic E-state index is 6.03. The molecule has 0 unspecified atom stereocenters. The van der Waals surface area contributed by atoms with Crippen LogP contribution in [0.2, 0.25) is 0 Å². The highest BCUT2D eigenvalue weighted by Gasteiger charge is 2.11. The highest BCUT2D eigenvalue weighted by Crippen LogP contribution is 2.34. The van der Waals surface area contributed by atoms with Crippen LogP contribution < -0.4 is 19.9 Å². The van der Waals surface area contributed by atoms with Gasteiger partial charge in [-0.05, 0) is 54.8 Å². The molecule has 4 heteroatoms. The number of anilines is 1. The molecule has 0 heterocycles. The SMILES string of the molecule is C/C=C(\c1ccc(OC)c(N)c1)c1ccc(OC)c(OCC)c1. The Morgan fingerprint density at radius 3 is 2.09 bits per heavy atom. The van der Waals surface area contributed by atoms with Crippen LogP contribution in [0.5, 0.6) is 17.2 Å². The molecule has 0 aliphatic rings. The standard InChI is InChI=1S/C19H23NO3/c1-5-15(13-7-9-17(21-3)16(20)11-13)14-8-10-18(22-4)19(12-14)23-6-2/h5,7-12H,6,20H2,1-4H3/b15-5+. The van der Waals surface area contributed by atoms with E-state index in [4.69, 9.17) is 19.9 Å². The van der Waals surface area contributed by atoms with E-state index in [1.165, 1.54) is 0 Å². The van der Waals surface area contributed by atoms with Gasteiger partial charge in [0.05, 0.1) is 26.5 Å². The van der Waals surface area contributed by atoms with E-state index < -0.39 is 0 Å². The molecule has 2 N–H and O–H groups in total. The lowest BCUT2D eigenvalue weighted by atomic mass is 9.96. The molecule has 0 atom stereocenters. The van der Waals surface area contributed by atoms with Crippen molar-refractivity contribution in [3.63, 3.8) is 0 Å². The molecule has 2 aromatic rings. The van der Waals surface area contributed by atoms with Crippen molar-refractivity contribution in [2.45, 2.75) is 13.8 Å². The zero-order valence-corrected chi connectivity index (χ0v) is 14.1. The lowest BCUT2D eigenvalue weighted by molar-refractivity contribution is 0.311. The number of hydrogen-bond donors (Lipinski definition) is 1. The van der Waals surface area contributed by atoms with Gasteiger partial charge in [-0.2, -0.15) is 0 Å². The number of ether oxygens (including phenoxy) is 3. The van der Waals surface area contributed by atoms with Crippen LogP contribution in [-0.2, 0) is 0 Å². The maximum Gasteiger partial charge on any atom is 0.161 e. The molecule has 2 aromatic carbocycles. The van der Waals surface area contributed by atoms with Crippen molar-refractivity contribution >= 4 is 11.3 Å². The Kier molecular flexibility index (Phi) is 5.52. The van der Waals surface area contributed by atoms with Gasteiger partial charge >= 0.3 is 0 Å². The highest BCUT2D eigenvalue weighted by molar-refractivity contribution is 5.82. The third-order valence-corrected chi connectivity index (χ3v) is 3.60. The predicted octanol–water partition coefficient (Wildman–Crippen LogP) is 4.14.